The lowest BCUT2D eigenvalue weighted by molar-refractivity contribution is 0.402. The highest BCUT2D eigenvalue weighted by Gasteiger charge is 2.21. The van der Waals surface area contributed by atoms with Crippen molar-refractivity contribution in [3.63, 3.8) is 0 Å². The van der Waals surface area contributed by atoms with E-state index in [4.69, 9.17) is 27.6 Å². The SMILES string of the molecule is CN(C)S(=O)(=O)c1ccc(CNc2cc(Cl)ccc2Cl)o1. The molecule has 0 bridgehead atoms. The Morgan fingerprint density at radius 3 is 2.57 bits per heavy atom. The van der Waals surface area contributed by atoms with Gasteiger partial charge in [0.2, 0.25) is 5.09 Å². The average Bonchev–Trinajstić information content (AvgIpc) is 2.89. The van der Waals surface area contributed by atoms with Gasteiger partial charge in [0.1, 0.15) is 5.76 Å². The molecular weight excluding hydrogens is 335 g/mol. The Morgan fingerprint density at radius 2 is 1.90 bits per heavy atom. The number of furan rings is 1. The summed E-state index contributed by atoms with van der Waals surface area (Å²) in [5.41, 5.74) is 0.651. The van der Waals surface area contributed by atoms with Gasteiger partial charge in [0.15, 0.2) is 0 Å². The minimum atomic E-state index is -3.56. The van der Waals surface area contributed by atoms with Crippen molar-refractivity contribution in [2.45, 2.75) is 11.6 Å². The normalized spacial score (nSPS) is 11.9. The fourth-order valence-corrected chi connectivity index (χ4v) is 2.76. The third kappa shape index (κ3) is 3.71. The van der Waals surface area contributed by atoms with Gasteiger partial charge in [-0.1, -0.05) is 23.2 Å². The van der Waals surface area contributed by atoms with Crippen LogP contribution in [0.15, 0.2) is 39.8 Å². The Kier molecular flexibility index (Phi) is 4.83. The molecule has 1 aromatic carbocycles. The number of hydrogen-bond donors (Lipinski definition) is 1. The van der Waals surface area contributed by atoms with Crippen LogP contribution in [0.3, 0.4) is 0 Å². The quantitative estimate of drug-likeness (QED) is 0.898. The van der Waals surface area contributed by atoms with Gasteiger partial charge < -0.3 is 9.73 Å². The zero-order valence-corrected chi connectivity index (χ0v) is 13.8. The Labute approximate surface area is 133 Å². The molecule has 0 unspecified atom stereocenters. The summed E-state index contributed by atoms with van der Waals surface area (Å²) in [5.74, 6) is 0.478. The molecule has 2 aromatic rings. The Bertz CT molecular complexity index is 742. The highest BCUT2D eigenvalue weighted by molar-refractivity contribution is 7.88. The number of sulfonamides is 1. The van der Waals surface area contributed by atoms with E-state index in [1.165, 1.54) is 20.2 Å². The van der Waals surface area contributed by atoms with E-state index in [2.05, 4.69) is 5.32 Å². The van der Waals surface area contributed by atoms with Crippen LogP contribution in [0.5, 0.6) is 0 Å². The van der Waals surface area contributed by atoms with Crippen LogP contribution in [0.4, 0.5) is 5.69 Å². The molecule has 0 saturated carbocycles. The van der Waals surface area contributed by atoms with Gasteiger partial charge in [-0.2, -0.15) is 0 Å². The summed E-state index contributed by atoms with van der Waals surface area (Å²) in [6, 6.07) is 8.07. The molecule has 0 aliphatic carbocycles. The molecule has 0 saturated heterocycles. The van der Waals surface area contributed by atoms with Gasteiger partial charge in [0, 0.05) is 19.1 Å². The second-order valence-electron chi connectivity index (χ2n) is 4.49. The van der Waals surface area contributed by atoms with Crippen LogP contribution in [0.1, 0.15) is 5.76 Å². The molecule has 21 heavy (non-hydrogen) atoms. The van der Waals surface area contributed by atoms with Crippen molar-refractivity contribution in [3.05, 3.63) is 46.1 Å². The lowest BCUT2D eigenvalue weighted by atomic mass is 10.3. The molecule has 5 nitrogen and oxygen atoms in total. The van der Waals surface area contributed by atoms with Crippen LogP contribution in [-0.4, -0.2) is 26.8 Å². The summed E-state index contributed by atoms with van der Waals surface area (Å²) in [6.07, 6.45) is 0. The summed E-state index contributed by atoms with van der Waals surface area (Å²) in [4.78, 5) is 0. The lowest BCUT2D eigenvalue weighted by Gasteiger charge is -2.09. The largest absolute Gasteiger partial charge is 0.446 e. The van der Waals surface area contributed by atoms with E-state index in [1.807, 2.05) is 0 Å². The van der Waals surface area contributed by atoms with Crippen LogP contribution in [0, 0.1) is 0 Å². The molecule has 0 fully saturated rings. The van der Waals surface area contributed by atoms with E-state index in [9.17, 15) is 8.42 Å². The van der Waals surface area contributed by atoms with Gasteiger partial charge in [-0.3, -0.25) is 0 Å². The average molecular weight is 349 g/mol. The summed E-state index contributed by atoms with van der Waals surface area (Å²) in [7, 11) is -0.670. The Balaban J connectivity index is 2.12. The van der Waals surface area contributed by atoms with Crippen LogP contribution in [0.2, 0.25) is 10.0 Å². The number of hydrogen-bond acceptors (Lipinski definition) is 4. The monoisotopic (exact) mass is 348 g/mol. The molecule has 0 aliphatic rings. The van der Waals surface area contributed by atoms with Gasteiger partial charge in [-0.05, 0) is 30.3 Å². The smallest absolute Gasteiger partial charge is 0.275 e. The molecule has 0 atom stereocenters. The first-order chi connectivity index (χ1) is 9.80. The highest BCUT2D eigenvalue weighted by atomic mass is 35.5. The predicted molar refractivity (Wildman–Crippen MR) is 83.4 cm³/mol. The third-order valence-electron chi connectivity index (χ3n) is 2.75. The molecule has 114 valence electrons. The van der Waals surface area contributed by atoms with Crippen LogP contribution < -0.4 is 5.32 Å². The van der Waals surface area contributed by atoms with Gasteiger partial charge in [-0.25, -0.2) is 12.7 Å². The van der Waals surface area contributed by atoms with Crippen molar-refractivity contribution in [1.82, 2.24) is 4.31 Å². The molecule has 0 spiro atoms. The van der Waals surface area contributed by atoms with Gasteiger partial charge in [-0.15, -0.1) is 0 Å². The van der Waals surface area contributed by atoms with Crippen LogP contribution in [-0.2, 0) is 16.6 Å². The maximum Gasteiger partial charge on any atom is 0.275 e. The van der Waals surface area contributed by atoms with Crippen molar-refractivity contribution in [2.75, 3.05) is 19.4 Å². The van der Waals surface area contributed by atoms with Crippen LogP contribution in [0.25, 0.3) is 0 Å². The first kappa shape index (κ1) is 16.2. The minimum Gasteiger partial charge on any atom is -0.446 e. The molecule has 1 aromatic heterocycles. The van der Waals surface area contributed by atoms with E-state index in [0.29, 0.717) is 28.0 Å². The minimum absolute atomic E-state index is 0.0958. The first-order valence-electron chi connectivity index (χ1n) is 6.01. The maximum atomic E-state index is 11.9. The maximum absolute atomic E-state index is 11.9. The van der Waals surface area contributed by atoms with Crippen molar-refractivity contribution in [2.24, 2.45) is 0 Å². The molecule has 0 aliphatic heterocycles. The van der Waals surface area contributed by atoms with E-state index in [-0.39, 0.29) is 5.09 Å². The number of rotatable bonds is 5. The summed E-state index contributed by atoms with van der Waals surface area (Å²) >= 11 is 11.9. The fraction of sp³-hybridized carbons (Fsp3) is 0.231. The second-order valence-corrected chi connectivity index (χ2v) is 7.41. The number of nitrogens with one attached hydrogen (secondary N) is 1. The van der Waals surface area contributed by atoms with E-state index in [0.717, 1.165) is 4.31 Å². The molecule has 8 heteroatoms. The third-order valence-corrected chi connectivity index (χ3v) is 5.01. The number of nitrogens with zero attached hydrogens (tertiary/aromatic N) is 1. The zero-order chi connectivity index (χ0) is 15.6. The molecular formula is C13H14Cl2N2O3S. The lowest BCUT2D eigenvalue weighted by Crippen LogP contribution is -2.21. The zero-order valence-electron chi connectivity index (χ0n) is 11.4. The number of halogens is 2. The summed E-state index contributed by atoms with van der Waals surface area (Å²) in [5, 5.41) is 4.02. The highest BCUT2D eigenvalue weighted by Crippen LogP contribution is 2.26. The molecule has 0 radical (unpaired) electrons. The standard InChI is InChI=1S/C13H14Cl2N2O3S/c1-17(2)21(18,19)13-6-4-10(20-13)8-16-12-7-9(14)3-5-11(12)15/h3-7,16H,8H2,1-2H3. The first-order valence-corrected chi connectivity index (χ1v) is 8.20. The van der Waals surface area contributed by atoms with Crippen molar-refractivity contribution in [1.29, 1.82) is 0 Å². The van der Waals surface area contributed by atoms with Gasteiger partial charge in [0.05, 0.1) is 17.3 Å². The van der Waals surface area contributed by atoms with Gasteiger partial charge >= 0.3 is 0 Å². The molecule has 1 heterocycles. The summed E-state index contributed by atoms with van der Waals surface area (Å²) < 4.78 is 30.2. The topological polar surface area (TPSA) is 62.6 Å². The van der Waals surface area contributed by atoms with Gasteiger partial charge in [0.25, 0.3) is 10.0 Å². The number of benzene rings is 1. The van der Waals surface area contributed by atoms with E-state index in [1.54, 1.807) is 24.3 Å². The second kappa shape index (κ2) is 6.27. The van der Waals surface area contributed by atoms with E-state index < -0.39 is 10.0 Å². The predicted octanol–water partition coefficient (Wildman–Crippen LogP) is 3.45. The fourth-order valence-electron chi connectivity index (χ4n) is 1.59. The Hall–Kier alpha value is -1.21. The molecule has 1 N–H and O–H groups in total. The van der Waals surface area contributed by atoms with Crippen molar-refractivity contribution < 1.29 is 12.8 Å². The van der Waals surface area contributed by atoms with E-state index >= 15 is 0 Å². The molecule has 0 amide bonds. The molecule has 2 rings (SSSR count). The number of anilines is 1. The Morgan fingerprint density at radius 1 is 1.19 bits per heavy atom. The van der Waals surface area contributed by atoms with Crippen molar-refractivity contribution >= 4 is 38.9 Å². The summed E-state index contributed by atoms with van der Waals surface area (Å²) in [6.45, 7) is 0.295. The van der Waals surface area contributed by atoms with Crippen molar-refractivity contribution in [3.8, 4) is 0 Å². The van der Waals surface area contributed by atoms with Crippen LogP contribution >= 0.6 is 23.2 Å².